The number of anilines is 1. The van der Waals surface area contributed by atoms with Gasteiger partial charge in [0.05, 0.1) is 18.5 Å². The summed E-state index contributed by atoms with van der Waals surface area (Å²) in [6, 6.07) is 6.92. The van der Waals surface area contributed by atoms with Crippen molar-refractivity contribution in [2.45, 2.75) is 20.0 Å². The van der Waals surface area contributed by atoms with Gasteiger partial charge in [-0.05, 0) is 38.1 Å². The summed E-state index contributed by atoms with van der Waals surface area (Å²) in [6.45, 7) is 4.38. The van der Waals surface area contributed by atoms with E-state index in [1.54, 1.807) is 24.3 Å². The minimum Gasteiger partial charge on any atom is -0.492 e. The SMILES string of the molecule is CC(C)OCCS(=O)(=O)NCCOc1ccc(N)cc1. The predicted molar refractivity (Wildman–Crippen MR) is 79.2 cm³/mol. The van der Waals surface area contributed by atoms with E-state index in [0.717, 1.165) is 0 Å². The molecular formula is C13H22N2O4S. The highest BCUT2D eigenvalue weighted by Crippen LogP contribution is 2.12. The zero-order valence-electron chi connectivity index (χ0n) is 11.8. The van der Waals surface area contributed by atoms with Crippen molar-refractivity contribution in [3.63, 3.8) is 0 Å². The van der Waals surface area contributed by atoms with Crippen LogP contribution >= 0.6 is 0 Å². The number of nitrogens with one attached hydrogen (secondary N) is 1. The molecule has 0 saturated heterocycles. The van der Waals surface area contributed by atoms with Gasteiger partial charge in [0.1, 0.15) is 12.4 Å². The Hall–Kier alpha value is -1.31. The molecule has 0 radical (unpaired) electrons. The van der Waals surface area contributed by atoms with Crippen molar-refractivity contribution >= 4 is 15.7 Å². The van der Waals surface area contributed by atoms with E-state index in [1.165, 1.54) is 0 Å². The fourth-order valence-corrected chi connectivity index (χ4v) is 2.25. The minimum atomic E-state index is -3.31. The first-order chi connectivity index (χ1) is 9.39. The first kappa shape index (κ1) is 16.7. The van der Waals surface area contributed by atoms with E-state index in [0.29, 0.717) is 11.4 Å². The van der Waals surface area contributed by atoms with Gasteiger partial charge in [-0.25, -0.2) is 13.1 Å². The second-order valence-electron chi connectivity index (χ2n) is 4.55. The highest BCUT2D eigenvalue weighted by Gasteiger charge is 2.09. The van der Waals surface area contributed by atoms with Crippen LogP contribution in [0.2, 0.25) is 0 Å². The maximum Gasteiger partial charge on any atom is 0.213 e. The Morgan fingerprint density at radius 2 is 1.85 bits per heavy atom. The molecule has 0 heterocycles. The van der Waals surface area contributed by atoms with Crippen LogP contribution in [-0.4, -0.2) is 40.0 Å². The monoisotopic (exact) mass is 302 g/mol. The molecule has 114 valence electrons. The van der Waals surface area contributed by atoms with E-state index >= 15 is 0 Å². The van der Waals surface area contributed by atoms with E-state index in [4.69, 9.17) is 15.2 Å². The normalized spacial score (nSPS) is 11.8. The smallest absolute Gasteiger partial charge is 0.213 e. The number of ether oxygens (including phenoxy) is 2. The molecule has 0 aliphatic heterocycles. The number of rotatable bonds is 9. The molecule has 1 aromatic carbocycles. The van der Waals surface area contributed by atoms with Gasteiger partial charge < -0.3 is 15.2 Å². The molecule has 0 saturated carbocycles. The minimum absolute atomic E-state index is 0.0269. The lowest BCUT2D eigenvalue weighted by Crippen LogP contribution is -2.32. The maximum absolute atomic E-state index is 11.6. The lowest BCUT2D eigenvalue weighted by atomic mass is 10.3. The largest absolute Gasteiger partial charge is 0.492 e. The topological polar surface area (TPSA) is 90.7 Å². The number of benzene rings is 1. The van der Waals surface area contributed by atoms with Crippen molar-refractivity contribution in [1.82, 2.24) is 4.72 Å². The van der Waals surface area contributed by atoms with Crippen molar-refractivity contribution < 1.29 is 17.9 Å². The van der Waals surface area contributed by atoms with Gasteiger partial charge in [0.2, 0.25) is 10.0 Å². The molecule has 0 aliphatic carbocycles. The van der Waals surface area contributed by atoms with Gasteiger partial charge in [0.25, 0.3) is 0 Å². The van der Waals surface area contributed by atoms with Crippen LogP contribution in [0.25, 0.3) is 0 Å². The third-order valence-electron chi connectivity index (χ3n) is 2.38. The van der Waals surface area contributed by atoms with Gasteiger partial charge >= 0.3 is 0 Å². The lowest BCUT2D eigenvalue weighted by molar-refractivity contribution is 0.0911. The molecule has 7 heteroatoms. The summed E-state index contributed by atoms with van der Waals surface area (Å²) in [6.07, 6.45) is 0.0269. The van der Waals surface area contributed by atoms with E-state index < -0.39 is 10.0 Å². The predicted octanol–water partition coefficient (Wildman–Crippen LogP) is 0.992. The van der Waals surface area contributed by atoms with Crippen LogP contribution in [0.15, 0.2) is 24.3 Å². The summed E-state index contributed by atoms with van der Waals surface area (Å²) in [5, 5.41) is 0. The van der Waals surface area contributed by atoms with Crippen molar-refractivity contribution in [2.24, 2.45) is 0 Å². The zero-order valence-corrected chi connectivity index (χ0v) is 12.7. The summed E-state index contributed by atoms with van der Waals surface area (Å²) in [7, 11) is -3.31. The van der Waals surface area contributed by atoms with Gasteiger partial charge in [-0.15, -0.1) is 0 Å². The first-order valence-electron chi connectivity index (χ1n) is 6.46. The van der Waals surface area contributed by atoms with Gasteiger partial charge in [-0.3, -0.25) is 0 Å². The van der Waals surface area contributed by atoms with Crippen molar-refractivity contribution in [3.8, 4) is 5.75 Å². The Morgan fingerprint density at radius 1 is 1.20 bits per heavy atom. The molecule has 20 heavy (non-hydrogen) atoms. The average molecular weight is 302 g/mol. The number of nitrogens with two attached hydrogens (primary N) is 1. The Kier molecular flexibility index (Phi) is 6.77. The molecule has 1 rings (SSSR count). The van der Waals surface area contributed by atoms with E-state index in [-0.39, 0.29) is 31.6 Å². The Labute approximate surface area is 120 Å². The first-order valence-corrected chi connectivity index (χ1v) is 8.11. The molecule has 0 spiro atoms. The molecule has 0 bridgehead atoms. The van der Waals surface area contributed by atoms with Crippen LogP contribution in [-0.2, 0) is 14.8 Å². The van der Waals surface area contributed by atoms with Crippen LogP contribution in [0.4, 0.5) is 5.69 Å². The molecule has 0 aromatic heterocycles. The standard InChI is InChI=1S/C13H22N2O4S/c1-11(2)18-9-10-20(16,17)15-7-8-19-13-5-3-12(14)4-6-13/h3-6,11,15H,7-10,14H2,1-2H3. The van der Waals surface area contributed by atoms with Crippen molar-refractivity contribution in [1.29, 1.82) is 0 Å². The van der Waals surface area contributed by atoms with E-state index in [9.17, 15) is 8.42 Å². The summed E-state index contributed by atoms with van der Waals surface area (Å²) >= 11 is 0. The highest BCUT2D eigenvalue weighted by molar-refractivity contribution is 7.89. The maximum atomic E-state index is 11.6. The third-order valence-corrected chi connectivity index (χ3v) is 3.72. The average Bonchev–Trinajstić information content (AvgIpc) is 2.36. The summed E-state index contributed by atoms with van der Waals surface area (Å²) < 4.78 is 36.3. The molecule has 0 aliphatic rings. The van der Waals surface area contributed by atoms with Gasteiger partial charge in [-0.1, -0.05) is 0 Å². The number of hydrogen-bond donors (Lipinski definition) is 2. The fourth-order valence-electron chi connectivity index (χ4n) is 1.40. The molecule has 1 aromatic rings. The van der Waals surface area contributed by atoms with Crippen LogP contribution in [0.1, 0.15) is 13.8 Å². The van der Waals surface area contributed by atoms with E-state index in [2.05, 4.69) is 4.72 Å². The van der Waals surface area contributed by atoms with Gasteiger partial charge in [-0.2, -0.15) is 0 Å². The quantitative estimate of drug-likeness (QED) is 0.524. The van der Waals surface area contributed by atoms with Crippen LogP contribution in [0.3, 0.4) is 0 Å². The van der Waals surface area contributed by atoms with Crippen molar-refractivity contribution in [3.05, 3.63) is 24.3 Å². The van der Waals surface area contributed by atoms with Crippen LogP contribution in [0, 0.1) is 0 Å². The van der Waals surface area contributed by atoms with Gasteiger partial charge in [0, 0.05) is 12.2 Å². The highest BCUT2D eigenvalue weighted by atomic mass is 32.2. The second-order valence-corrected chi connectivity index (χ2v) is 6.48. The second kappa shape index (κ2) is 8.08. The molecule has 0 amide bonds. The third kappa shape index (κ3) is 7.32. The van der Waals surface area contributed by atoms with E-state index in [1.807, 2.05) is 13.8 Å². The summed E-state index contributed by atoms with van der Waals surface area (Å²) in [5.74, 6) is 0.606. The molecule has 0 unspecified atom stereocenters. The summed E-state index contributed by atoms with van der Waals surface area (Å²) in [4.78, 5) is 0. The molecule has 6 nitrogen and oxygen atoms in total. The Bertz CT molecular complexity index is 486. The number of nitrogen functional groups attached to an aromatic ring is 1. The number of sulfonamides is 1. The number of hydrogen-bond acceptors (Lipinski definition) is 5. The fraction of sp³-hybridized carbons (Fsp3) is 0.538. The van der Waals surface area contributed by atoms with Crippen LogP contribution < -0.4 is 15.2 Å². The molecule has 0 fully saturated rings. The van der Waals surface area contributed by atoms with Crippen LogP contribution in [0.5, 0.6) is 5.75 Å². The zero-order chi connectivity index (χ0) is 15.0. The molecule has 0 atom stereocenters. The Morgan fingerprint density at radius 3 is 2.45 bits per heavy atom. The Balaban J connectivity index is 2.21. The van der Waals surface area contributed by atoms with Crippen molar-refractivity contribution in [2.75, 3.05) is 31.2 Å². The molecule has 3 N–H and O–H groups in total. The lowest BCUT2D eigenvalue weighted by Gasteiger charge is -2.10. The van der Waals surface area contributed by atoms with Gasteiger partial charge in [0.15, 0.2) is 0 Å². The molecular weight excluding hydrogens is 280 g/mol. The summed E-state index contributed by atoms with van der Waals surface area (Å²) in [5.41, 5.74) is 6.20.